The van der Waals surface area contributed by atoms with Gasteiger partial charge in [-0.05, 0) is 62.7 Å². The first kappa shape index (κ1) is 32.0. The highest BCUT2D eigenvalue weighted by Crippen LogP contribution is 2.32. The summed E-state index contributed by atoms with van der Waals surface area (Å²) in [5.41, 5.74) is 2.61. The summed E-state index contributed by atoms with van der Waals surface area (Å²) in [5, 5.41) is 3.86. The lowest BCUT2D eigenvalue weighted by atomic mass is 9.87. The number of amides is 2. The first-order valence-corrected chi connectivity index (χ1v) is 14.9. The Hall–Kier alpha value is -2.54. The van der Waals surface area contributed by atoms with E-state index in [0.717, 1.165) is 15.6 Å². The molecule has 0 saturated carbocycles. The van der Waals surface area contributed by atoms with E-state index in [1.54, 1.807) is 18.2 Å². The van der Waals surface area contributed by atoms with Crippen LogP contribution in [0.3, 0.4) is 0 Å². The summed E-state index contributed by atoms with van der Waals surface area (Å²) >= 11 is 16.6. The van der Waals surface area contributed by atoms with Gasteiger partial charge in [0.15, 0.2) is 6.61 Å². The molecule has 0 saturated heterocycles. The standard InChI is InChI=1S/C32H37BrCl2N2O3/c1-21(2)18-36-31(39)28(16-22-10-7-6-8-11-22)37(19-24-26(34)12-9-13-27(24)35)30(38)20-40-29-15-14-23(17-25(29)33)32(3,4)5/h6-15,17,21,28H,16,18-20H2,1-5H3,(H,36,39)/t28-/m0/s1. The van der Waals surface area contributed by atoms with Crippen molar-refractivity contribution in [3.05, 3.63) is 97.9 Å². The van der Waals surface area contributed by atoms with Crippen molar-refractivity contribution < 1.29 is 14.3 Å². The highest BCUT2D eigenvalue weighted by atomic mass is 79.9. The molecule has 8 heteroatoms. The van der Waals surface area contributed by atoms with Crippen molar-refractivity contribution in [2.75, 3.05) is 13.2 Å². The fourth-order valence-corrected chi connectivity index (χ4v) is 5.15. The minimum absolute atomic E-state index is 0.0318. The zero-order valence-electron chi connectivity index (χ0n) is 23.6. The molecule has 0 aliphatic carbocycles. The number of carbonyl (C=O) groups excluding carboxylic acids is 2. The number of nitrogens with one attached hydrogen (secondary N) is 1. The molecule has 0 aliphatic rings. The first-order valence-electron chi connectivity index (χ1n) is 13.3. The number of nitrogens with zero attached hydrogens (tertiary/aromatic N) is 1. The zero-order chi connectivity index (χ0) is 29.4. The maximum atomic E-state index is 13.9. The van der Waals surface area contributed by atoms with E-state index in [-0.39, 0.29) is 36.3 Å². The average molecular weight is 648 g/mol. The lowest BCUT2D eigenvalue weighted by molar-refractivity contribution is -0.142. The Bertz CT molecular complexity index is 1290. The molecule has 0 radical (unpaired) electrons. The van der Waals surface area contributed by atoms with Crippen LogP contribution in [0.25, 0.3) is 0 Å². The molecule has 3 aromatic rings. The topological polar surface area (TPSA) is 58.6 Å². The second kappa shape index (κ2) is 14.4. The summed E-state index contributed by atoms with van der Waals surface area (Å²) < 4.78 is 6.74. The van der Waals surface area contributed by atoms with Gasteiger partial charge in [0, 0.05) is 35.1 Å². The molecule has 5 nitrogen and oxygen atoms in total. The number of hydrogen-bond donors (Lipinski definition) is 1. The largest absolute Gasteiger partial charge is 0.483 e. The van der Waals surface area contributed by atoms with Gasteiger partial charge in [0.2, 0.25) is 5.91 Å². The number of carbonyl (C=O) groups is 2. The molecular formula is C32H37BrCl2N2O3. The molecule has 1 N–H and O–H groups in total. The molecule has 0 unspecified atom stereocenters. The fraction of sp³-hybridized carbons (Fsp3) is 0.375. The van der Waals surface area contributed by atoms with E-state index in [0.29, 0.717) is 34.3 Å². The van der Waals surface area contributed by atoms with Crippen molar-refractivity contribution in [2.24, 2.45) is 5.92 Å². The van der Waals surface area contributed by atoms with Gasteiger partial charge in [0.1, 0.15) is 11.8 Å². The third-order valence-corrected chi connectivity index (χ3v) is 7.82. The van der Waals surface area contributed by atoms with Crippen molar-refractivity contribution in [3.63, 3.8) is 0 Å². The number of hydrogen-bond acceptors (Lipinski definition) is 3. The Labute approximate surface area is 256 Å². The molecule has 2 amide bonds. The molecule has 214 valence electrons. The Morgan fingerprint density at radius 3 is 2.20 bits per heavy atom. The minimum Gasteiger partial charge on any atom is -0.483 e. The Balaban J connectivity index is 1.95. The molecule has 0 aromatic heterocycles. The van der Waals surface area contributed by atoms with Gasteiger partial charge in [-0.25, -0.2) is 0 Å². The summed E-state index contributed by atoms with van der Waals surface area (Å²) in [4.78, 5) is 29.0. The molecule has 0 spiro atoms. The zero-order valence-corrected chi connectivity index (χ0v) is 26.7. The van der Waals surface area contributed by atoms with Crippen LogP contribution < -0.4 is 10.1 Å². The van der Waals surface area contributed by atoms with Gasteiger partial charge in [-0.15, -0.1) is 0 Å². The maximum absolute atomic E-state index is 13.9. The van der Waals surface area contributed by atoms with E-state index in [1.165, 1.54) is 4.90 Å². The normalized spacial score (nSPS) is 12.2. The van der Waals surface area contributed by atoms with E-state index in [9.17, 15) is 9.59 Å². The molecule has 40 heavy (non-hydrogen) atoms. The van der Waals surface area contributed by atoms with Gasteiger partial charge < -0.3 is 15.0 Å². The van der Waals surface area contributed by atoms with Crippen LogP contribution in [0.15, 0.2) is 71.2 Å². The number of rotatable bonds is 11. The molecule has 1 atom stereocenters. The Morgan fingerprint density at radius 1 is 0.975 bits per heavy atom. The predicted molar refractivity (Wildman–Crippen MR) is 167 cm³/mol. The van der Waals surface area contributed by atoms with E-state index in [4.69, 9.17) is 27.9 Å². The van der Waals surface area contributed by atoms with Crippen LogP contribution in [0.4, 0.5) is 0 Å². The highest BCUT2D eigenvalue weighted by Gasteiger charge is 2.32. The van der Waals surface area contributed by atoms with E-state index < -0.39 is 6.04 Å². The SMILES string of the molecule is CC(C)CNC(=O)[C@H](Cc1ccccc1)N(Cc1c(Cl)cccc1Cl)C(=O)COc1ccc(C(C)(C)C)cc1Br. The third-order valence-electron chi connectivity index (χ3n) is 6.49. The number of halogens is 3. The summed E-state index contributed by atoms with van der Waals surface area (Å²) in [7, 11) is 0. The summed E-state index contributed by atoms with van der Waals surface area (Å²) in [6.07, 6.45) is 0.322. The number of ether oxygens (including phenoxy) is 1. The van der Waals surface area contributed by atoms with Crippen molar-refractivity contribution in [1.82, 2.24) is 10.2 Å². The minimum atomic E-state index is -0.809. The lowest BCUT2D eigenvalue weighted by Crippen LogP contribution is -2.52. The van der Waals surface area contributed by atoms with Crippen LogP contribution in [0.2, 0.25) is 10.0 Å². The van der Waals surface area contributed by atoms with Gasteiger partial charge in [0.05, 0.1) is 4.47 Å². The van der Waals surface area contributed by atoms with Crippen molar-refractivity contribution >= 4 is 50.9 Å². The molecular weight excluding hydrogens is 611 g/mol. The Morgan fingerprint density at radius 2 is 1.62 bits per heavy atom. The molecule has 0 aliphatic heterocycles. The number of benzene rings is 3. The average Bonchev–Trinajstić information content (AvgIpc) is 2.89. The van der Waals surface area contributed by atoms with E-state index in [1.807, 2.05) is 62.4 Å². The van der Waals surface area contributed by atoms with Gasteiger partial charge >= 0.3 is 0 Å². The monoisotopic (exact) mass is 646 g/mol. The van der Waals surface area contributed by atoms with E-state index >= 15 is 0 Å². The van der Waals surface area contributed by atoms with Crippen molar-refractivity contribution in [2.45, 2.75) is 59.0 Å². The molecule has 3 rings (SSSR count). The summed E-state index contributed by atoms with van der Waals surface area (Å²) in [6, 6.07) is 19.9. The van der Waals surface area contributed by atoms with Gasteiger partial charge in [0.25, 0.3) is 5.91 Å². The fourth-order valence-electron chi connectivity index (χ4n) is 4.14. The van der Waals surface area contributed by atoms with Crippen LogP contribution in [0, 0.1) is 5.92 Å². The van der Waals surface area contributed by atoms with Gasteiger partial charge in [-0.3, -0.25) is 9.59 Å². The van der Waals surface area contributed by atoms with Crippen LogP contribution >= 0.6 is 39.1 Å². The van der Waals surface area contributed by atoms with E-state index in [2.05, 4.69) is 42.0 Å². The molecule has 0 bridgehead atoms. The second-order valence-corrected chi connectivity index (χ2v) is 12.9. The Kier molecular flexibility index (Phi) is 11.5. The molecule has 0 fully saturated rings. The molecule has 3 aromatic carbocycles. The summed E-state index contributed by atoms with van der Waals surface area (Å²) in [5.74, 6) is 0.189. The van der Waals surface area contributed by atoms with Crippen LogP contribution in [-0.4, -0.2) is 35.9 Å². The molecule has 0 heterocycles. The predicted octanol–water partition coefficient (Wildman–Crippen LogP) is 7.84. The quantitative estimate of drug-likeness (QED) is 0.231. The smallest absolute Gasteiger partial charge is 0.261 e. The maximum Gasteiger partial charge on any atom is 0.261 e. The van der Waals surface area contributed by atoms with Crippen molar-refractivity contribution in [1.29, 1.82) is 0 Å². The second-order valence-electron chi connectivity index (χ2n) is 11.3. The van der Waals surface area contributed by atoms with Gasteiger partial charge in [-0.2, -0.15) is 0 Å². The van der Waals surface area contributed by atoms with Gasteiger partial charge in [-0.1, -0.05) is 100 Å². The third kappa shape index (κ3) is 8.98. The van der Waals surface area contributed by atoms with Crippen molar-refractivity contribution in [3.8, 4) is 5.75 Å². The summed E-state index contributed by atoms with van der Waals surface area (Å²) in [6.45, 7) is 10.7. The lowest BCUT2D eigenvalue weighted by Gasteiger charge is -2.32. The van der Waals surface area contributed by atoms with Crippen LogP contribution in [-0.2, 0) is 28.0 Å². The van der Waals surface area contributed by atoms with Crippen LogP contribution in [0.5, 0.6) is 5.75 Å². The highest BCUT2D eigenvalue weighted by molar-refractivity contribution is 9.10. The van der Waals surface area contributed by atoms with Crippen LogP contribution in [0.1, 0.15) is 51.3 Å². The first-order chi connectivity index (χ1) is 18.9.